The summed E-state index contributed by atoms with van der Waals surface area (Å²) < 4.78 is 5.75. The van der Waals surface area contributed by atoms with E-state index in [4.69, 9.17) is 4.74 Å². The van der Waals surface area contributed by atoms with Gasteiger partial charge in [0.25, 0.3) is 0 Å². The van der Waals surface area contributed by atoms with E-state index in [2.05, 4.69) is 21.2 Å². The molecule has 5 heteroatoms. The number of esters is 1. The molecule has 1 aromatic rings. The van der Waals surface area contributed by atoms with Crippen LogP contribution < -0.4 is 5.32 Å². The molecule has 1 aromatic carbocycles. The third-order valence-electron chi connectivity index (χ3n) is 3.30. The molecule has 4 nitrogen and oxygen atoms in total. The zero-order valence-electron chi connectivity index (χ0n) is 12.1. The molecular weight excluding hydrogens is 322 g/mol. The number of methoxy groups -OCH3 is 1. The van der Waals surface area contributed by atoms with E-state index in [0.29, 0.717) is 13.0 Å². The van der Waals surface area contributed by atoms with Gasteiger partial charge < -0.3 is 9.84 Å². The molecule has 0 aliphatic rings. The summed E-state index contributed by atoms with van der Waals surface area (Å²) in [5.41, 5.74) is 0.0341. The van der Waals surface area contributed by atoms with Crippen LogP contribution in [0.3, 0.4) is 0 Å². The zero-order chi connectivity index (χ0) is 15.2. The van der Waals surface area contributed by atoms with Crippen LogP contribution in [0.1, 0.15) is 38.4 Å². The number of carbonyl (C=O) groups excluding carboxylic acids is 1. The van der Waals surface area contributed by atoms with Crippen LogP contribution in [0.25, 0.3) is 0 Å². The third kappa shape index (κ3) is 4.58. The Hall–Kier alpha value is -0.910. The Morgan fingerprint density at radius 3 is 2.80 bits per heavy atom. The molecule has 0 aromatic heterocycles. The van der Waals surface area contributed by atoms with Crippen molar-refractivity contribution < 1.29 is 14.6 Å². The van der Waals surface area contributed by atoms with Gasteiger partial charge in [-0.2, -0.15) is 0 Å². The summed E-state index contributed by atoms with van der Waals surface area (Å²) in [7, 11) is 1.38. The standard InChI is InChI=1S/C15H22BrNO3/c1-4-8-15(2,14(19)20-3)17-10-13(18)11-6-5-7-12(16)9-11/h5-7,9,13,17-18H,4,8,10H2,1-3H3. The van der Waals surface area contributed by atoms with Crippen LogP contribution in [0.2, 0.25) is 0 Å². The third-order valence-corrected chi connectivity index (χ3v) is 3.80. The summed E-state index contributed by atoms with van der Waals surface area (Å²) in [6.45, 7) is 4.10. The molecule has 112 valence electrons. The Bertz CT molecular complexity index is 452. The first kappa shape index (κ1) is 17.1. The molecule has 0 saturated heterocycles. The number of hydrogen-bond donors (Lipinski definition) is 2. The Labute approximate surface area is 128 Å². The van der Waals surface area contributed by atoms with Crippen molar-refractivity contribution in [2.24, 2.45) is 0 Å². The van der Waals surface area contributed by atoms with Crippen molar-refractivity contribution in [1.29, 1.82) is 0 Å². The fraction of sp³-hybridized carbons (Fsp3) is 0.533. The summed E-state index contributed by atoms with van der Waals surface area (Å²) in [6, 6.07) is 7.49. The average Bonchev–Trinajstić information content (AvgIpc) is 2.44. The monoisotopic (exact) mass is 343 g/mol. The minimum absolute atomic E-state index is 0.294. The molecule has 0 radical (unpaired) electrons. The van der Waals surface area contributed by atoms with E-state index >= 15 is 0 Å². The highest BCUT2D eigenvalue weighted by atomic mass is 79.9. The van der Waals surface area contributed by atoms with Crippen molar-refractivity contribution in [3.8, 4) is 0 Å². The Morgan fingerprint density at radius 2 is 2.25 bits per heavy atom. The van der Waals surface area contributed by atoms with Gasteiger partial charge in [0, 0.05) is 11.0 Å². The maximum absolute atomic E-state index is 11.9. The zero-order valence-corrected chi connectivity index (χ0v) is 13.7. The van der Waals surface area contributed by atoms with Crippen molar-refractivity contribution in [2.45, 2.75) is 38.3 Å². The lowest BCUT2D eigenvalue weighted by molar-refractivity contribution is -0.148. The van der Waals surface area contributed by atoms with Gasteiger partial charge in [0.15, 0.2) is 0 Å². The average molecular weight is 344 g/mol. The Balaban J connectivity index is 2.70. The Kier molecular flexibility index (Phi) is 6.65. The van der Waals surface area contributed by atoms with E-state index in [1.165, 1.54) is 7.11 Å². The second kappa shape index (κ2) is 7.76. The molecule has 2 N–H and O–H groups in total. The highest BCUT2D eigenvalue weighted by molar-refractivity contribution is 9.10. The maximum atomic E-state index is 11.9. The van der Waals surface area contributed by atoms with E-state index in [1.807, 2.05) is 31.2 Å². The number of carbonyl (C=O) groups is 1. The first-order valence-electron chi connectivity index (χ1n) is 6.70. The van der Waals surface area contributed by atoms with Crippen molar-refractivity contribution in [2.75, 3.05) is 13.7 Å². The van der Waals surface area contributed by atoms with Crippen LogP contribution in [-0.4, -0.2) is 30.3 Å². The van der Waals surface area contributed by atoms with E-state index in [-0.39, 0.29) is 5.97 Å². The second-order valence-corrected chi connectivity index (χ2v) is 5.94. The summed E-state index contributed by atoms with van der Waals surface area (Å²) in [5.74, 6) is -0.305. The van der Waals surface area contributed by atoms with Gasteiger partial charge in [0.2, 0.25) is 0 Å². The topological polar surface area (TPSA) is 58.6 Å². The molecule has 2 unspecified atom stereocenters. The largest absolute Gasteiger partial charge is 0.468 e. The number of β-amino-alcohol motifs (C(OH)–C–C–N with tert-alkyl or cyclic N) is 1. The van der Waals surface area contributed by atoms with E-state index < -0.39 is 11.6 Å². The maximum Gasteiger partial charge on any atom is 0.325 e. The molecule has 1 rings (SSSR count). The van der Waals surface area contributed by atoms with Crippen molar-refractivity contribution in [1.82, 2.24) is 5.32 Å². The van der Waals surface area contributed by atoms with Gasteiger partial charge in [-0.05, 0) is 31.0 Å². The van der Waals surface area contributed by atoms with Gasteiger partial charge in [-0.15, -0.1) is 0 Å². The van der Waals surface area contributed by atoms with Crippen LogP contribution in [0, 0.1) is 0 Å². The second-order valence-electron chi connectivity index (χ2n) is 5.03. The summed E-state index contributed by atoms with van der Waals surface area (Å²) >= 11 is 3.37. The number of benzene rings is 1. The summed E-state index contributed by atoms with van der Waals surface area (Å²) in [6.07, 6.45) is 0.838. The SMILES string of the molecule is CCCC(C)(NCC(O)c1cccc(Br)c1)C(=O)OC. The highest BCUT2D eigenvalue weighted by Crippen LogP contribution is 2.20. The van der Waals surface area contributed by atoms with Crippen LogP contribution in [0.15, 0.2) is 28.7 Å². The molecule has 0 heterocycles. The molecule has 0 aliphatic carbocycles. The molecule has 0 spiro atoms. The summed E-state index contributed by atoms with van der Waals surface area (Å²) in [4.78, 5) is 11.9. The van der Waals surface area contributed by atoms with Gasteiger partial charge in [-0.3, -0.25) is 10.1 Å². The molecule has 20 heavy (non-hydrogen) atoms. The lowest BCUT2D eigenvalue weighted by atomic mass is 9.95. The quantitative estimate of drug-likeness (QED) is 0.747. The van der Waals surface area contributed by atoms with Crippen LogP contribution in [0.5, 0.6) is 0 Å². The van der Waals surface area contributed by atoms with Gasteiger partial charge in [0.05, 0.1) is 13.2 Å². The predicted molar refractivity (Wildman–Crippen MR) is 82.4 cm³/mol. The number of rotatable bonds is 7. The number of nitrogens with one attached hydrogen (secondary N) is 1. The van der Waals surface area contributed by atoms with E-state index in [0.717, 1.165) is 16.5 Å². The summed E-state index contributed by atoms with van der Waals surface area (Å²) in [5, 5.41) is 13.3. The van der Waals surface area contributed by atoms with Gasteiger partial charge in [-0.25, -0.2) is 0 Å². The van der Waals surface area contributed by atoms with E-state index in [9.17, 15) is 9.90 Å². The minimum Gasteiger partial charge on any atom is -0.468 e. The first-order chi connectivity index (χ1) is 9.42. The van der Waals surface area contributed by atoms with Crippen LogP contribution in [0.4, 0.5) is 0 Å². The molecule has 0 aliphatic heterocycles. The normalized spacial score (nSPS) is 15.4. The molecular formula is C15H22BrNO3. The highest BCUT2D eigenvalue weighted by Gasteiger charge is 2.33. The number of aliphatic hydroxyl groups excluding tert-OH is 1. The minimum atomic E-state index is -0.767. The smallest absolute Gasteiger partial charge is 0.325 e. The molecule has 0 amide bonds. The van der Waals surface area contributed by atoms with Gasteiger partial charge in [0.1, 0.15) is 5.54 Å². The molecule has 0 bridgehead atoms. The fourth-order valence-electron chi connectivity index (χ4n) is 2.14. The van der Waals surface area contributed by atoms with E-state index in [1.54, 1.807) is 6.92 Å². The van der Waals surface area contributed by atoms with Crippen LogP contribution in [-0.2, 0) is 9.53 Å². The number of halogens is 1. The first-order valence-corrected chi connectivity index (χ1v) is 7.49. The number of aliphatic hydroxyl groups is 1. The van der Waals surface area contributed by atoms with Gasteiger partial charge in [-0.1, -0.05) is 41.4 Å². The lowest BCUT2D eigenvalue weighted by Crippen LogP contribution is -2.51. The fourth-order valence-corrected chi connectivity index (χ4v) is 2.56. The van der Waals surface area contributed by atoms with Crippen molar-refractivity contribution >= 4 is 21.9 Å². The molecule has 0 fully saturated rings. The van der Waals surface area contributed by atoms with Crippen LogP contribution >= 0.6 is 15.9 Å². The Morgan fingerprint density at radius 1 is 1.55 bits per heavy atom. The molecule has 2 atom stereocenters. The van der Waals surface area contributed by atoms with Crippen molar-refractivity contribution in [3.63, 3.8) is 0 Å². The predicted octanol–water partition coefficient (Wildman–Crippen LogP) is 2.80. The van der Waals surface area contributed by atoms with Crippen molar-refractivity contribution in [3.05, 3.63) is 34.3 Å². The van der Waals surface area contributed by atoms with Gasteiger partial charge >= 0.3 is 5.97 Å². The molecule has 0 saturated carbocycles. The lowest BCUT2D eigenvalue weighted by Gasteiger charge is -2.29. The number of ether oxygens (including phenoxy) is 1. The number of hydrogen-bond acceptors (Lipinski definition) is 4.